The van der Waals surface area contributed by atoms with Crippen LogP contribution in [0.1, 0.15) is 45.1 Å². The Hall–Kier alpha value is -0.510. The Morgan fingerprint density at radius 1 is 1.25 bits per heavy atom. The maximum Gasteiger partial charge on any atom is 0.0856 e. The zero-order valence-electron chi connectivity index (χ0n) is 13.1. The molecule has 1 unspecified atom stereocenters. The lowest BCUT2D eigenvalue weighted by Gasteiger charge is -2.43. The molecule has 1 aliphatic rings. The molecule has 1 fully saturated rings. The highest BCUT2D eigenvalue weighted by Crippen LogP contribution is 2.53. The highest BCUT2D eigenvalue weighted by atomic mass is 32.3. The Morgan fingerprint density at radius 3 is 2.50 bits per heavy atom. The van der Waals surface area contributed by atoms with E-state index >= 15 is 0 Å². The summed E-state index contributed by atoms with van der Waals surface area (Å²) in [7, 11) is -2.14. The molecule has 114 valence electrons. The van der Waals surface area contributed by atoms with Crippen molar-refractivity contribution < 1.29 is 8.74 Å². The van der Waals surface area contributed by atoms with Gasteiger partial charge in [0.05, 0.1) is 11.0 Å². The van der Waals surface area contributed by atoms with Crippen molar-refractivity contribution in [2.75, 3.05) is 6.26 Å². The quantitative estimate of drug-likeness (QED) is 0.805. The molecule has 4 atom stereocenters. The molecule has 0 aliphatic heterocycles. The first-order chi connectivity index (χ1) is 9.42. The fourth-order valence-corrected chi connectivity index (χ4v) is 4.53. The van der Waals surface area contributed by atoms with Gasteiger partial charge in [0, 0.05) is 6.26 Å². The molecular weight excluding hydrogens is 268 g/mol. The van der Waals surface area contributed by atoms with E-state index in [1.165, 1.54) is 18.4 Å². The average molecular weight is 296 g/mol. The second-order valence-electron chi connectivity index (χ2n) is 6.34. The number of rotatable bonds is 4. The van der Waals surface area contributed by atoms with Gasteiger partial charge in [-0.3, -0.25) is 8.74 Å². The van der Waals surface area contributed by atoms with Crippen molar-refractivity contribution in [3.05, 3.63) is 29.8 Å². The third-order valence-electron chi connectivity index (χ3n) is 4.48. The molecule has 0 radical (unpaired) electrons. The first kappa shape index (κ1) is 15.9. The highest BCUT2D eigenvalue weighted by Gasteiger charge is 2.32. The third kappa shape index (κ3) is 3.78. The Labute approximate surface area is 125 Å². The SMILES string of the molecule is CC[C@H]1CC[C@H](C)C[C@@H]1OS(C)(O)c1ccc(C)cc1. The Bertz CT molecular complexity index is 427. The van der Waals surface area contributed by atoms with Gasteiger partial charge >= 0.3 is 0 Å². The second kappa shape index (κ2) is 6.50. The van der Waals surface area contributed by atoms with Crippen LogP contribution in [0.2, 0.25) is 0 Å². The number of hydrogen-bond donors (Lipinski definition) is 1. The predicted molar refractivity (Wildman–Crippen MR) is 87.3 cm³/mol. The normalized spacial score (nSPS) is 31.6. The summed E-state index contributed by atoms with van der Waals surface area (Å²) in [5.74, 6) is 1.30. The van der Waals surface area contributed by atoms with Gasteiger partial charge in [-0.2, -0.15) is 10.6 Å². The predicted octanol–water partition coefficient (Wildman–Crippen LogP) is 5.41. The molecule has 0 amide bonds. The topological polar surface area (TPSA) is 29.5 Å². The first-order valence-corrected chi connectivity index (χ1v) is 9.60. The lowest BCUT2D eigenvalue weighted by molar-refractivity contribution is 0.0730. The van der Waals surface area contributed by atoms with Crippen LogP contribution in [0.5, 0.6) is 0 Å². The van der Waals surface area contributed by atoms with Crippen LogP contribution in [0.25, 0.3) is 0 Å². The van der Waals surface area contributed by atoms with Crippen molar-refractivity contribution in [2.24, 2.45) is 11.8 Å². The molecule has 20 heavy (non-hydrogen) atoms. The van der Waals surface area contributed by atoms with Crippen molar-refractivity contribution in [3.8, 4) is 0 Å². The molecule has 0 saturated heterocycles. The molecule has 0 bridgehead atoms. The van der Waals surface area contributed by atoms with Gasteiger partial charge in [0.1, 0.15) is 0 Å². The van der Waals surface area contributed by atoms with E-state index in [0.29, 0.717) is 11.8 Å². The Morgan fingerprint density at radius 2 is 1.90 bits per heavy atom. The fraction of sp³-hybridized carbons (Fsp3) is 0.647. The van der Waals surface area contributed by atoms with E-state index in [2.05, 4.69) is 20.8 Å². The van der Waals surface area contributed by atoms with Crippen molar-refractivity contribution in [3.63, 3.8) is 0 Å². The largest absolute Gasteiger partial charge is 0.295 e. The van der Waals surface area contributed by atoms with Gasteiger partial charge in [-0.05, 0) is 43.7 Å². The summed E-state index contributed by atoms with van der Waals surface area (Å²) >= 11 is 0. The monoisotopic (exact) mass is 296 g/mol. The molecular formula is C17H28O2S. The van der Waals surface area contributed by atoms with E-state index in [1.54, 1.807) is 0 Å². The molecule has 1 saturated carbocycles. The van der Waals surface area contributed by atoms with Crippen LogP contribution in [-0.2, 0) is 4.18 Å². The number of benzene rings is 1. The molecule has 2 rings (SSSR count). The van der Waals surface area contributed by atoms with E-state index in [9.17, 15) is 4.55 Å². The van der Waals surface area contributed by atoms with Crippen LogP contribution in [0.4, 0.5) is 0 Å². The summed E-state index contributed by atoms with van der Waals surface area (Å²) in [5.41, 5.74) is 1.21. The fourth-order valence-electron chi connectivity index (χ4n) is 3.06. The zero-order valence-corrected chi connectivity index (χ0v) is 14.0. The molecule has 1 aliphatic carbocycles. The summed E-state index contributed by atoms with van der Waals surface area (Å²) in [6, 6.07) is 8.08. The molecule has 1 N–H and O–H groups in total. The average Bonchev–Trinajstić information content (AvgIpc) is 2.39. The molecule has 3 heteroatoms. The van der Waals surface area contributed by atoms with Gasteiger partial charge in [0.15, 0.2) is 0 Å². The lowest BCUT2D eigenvalue weighted by Crippen LogP contribution is -2.31. The van der Waals surface area contributed by atoms with Crippen LogP contribution in [0.15, 0.2) is 29.2 Å². The Balaban J connectivity index is 2.11. The van der Waals surface area contributed by atoms with Crippen molar-refractivity contribution >= 4 is 10.6 Å². The smallest absolute Gasteiger partial charge is 0.0856 e. The van der Waals surface area contributed by atoms with E-state index in [0.717, 1.165) is 17.7 Å². The molecule has 0 heterocycles. The summed E-state index contributed by atoms with van der Waals surface area (Å²) in [5, 5.41) is 0. The van der Waals surface area contributed by atoms with E-state index < -0.39 is 10.6 Å². The van der Waals surface area contributed by atoms with E-state index in [-0.39, 0.29) is 6.10 Å². The summed E-state index contributed by atoms with van der Waals surface area (Å²) < 4.78 is 17.0. The van der Waals surface area contributed by atoms with Gasteiger partial charge in [0.2, 0.25) is 0 Å². The van der Waals surface area contributed by atoms with Gasteiger partial charge in [-0.1, -0.05) is 44.4 Å². The lowest BCUT2D eigenvalue weighted by atomic mass is 9.79. The Kier molecular flexibility index (Phi) is 5.16. The highest BCUT2D eigenvalue weighted by molar-refractivity contribution is 8.24. The second-order valence-corrected chi connectivity index (χ2v) is 8.61. The number of aryl methyl sites for hydroxylation is 1. The summed E-state index contributed by atoms with van der Waals surface area (Å²) in [6.45, 7) is 6.58. The van der Waals surface area contributed by atoms with Crippen LogP contribution >= 0.6 is 10.6 Å². The molecule has 1 aromatic rings. The van der Waals surface area contributed by atoms with Crippen molar-refractivity contribution in [2.45, 2.75) is 57.5 Å². The van der Waals surface area contributed by atoms with Crippen LogP contribution in [0.3, 0.4) is 0 Å². The first-order valence-electron chi connectivity index (χ1n) is 7.68. The summed E-state index contributed by atoms with van der Waals surface area (Å²) in [4.78, 5) is 0.927. The number of hydrogen-bond acceptors (Lipinski definition) is 2. The molecule has 0 aromatic heterocycles. The van der Waals surface area contributed by atoms with E-state index in [1.807, 2.05) is 30.5 Å². The zero-order chi connectivity index (χ0) is 14.8. The van der Waals surface area contributed by atoms with Crippen molar-refractivity contribution in [1.82, 2.24) is 0 Å². The van der Waals surface area contributed by atoms with Gasteiger partial charge < -0.3 is 0 Å². The van der Waals surface area contributed by atoms with Gasteiger partial charge in [-0.25, -0.2) is 0 Å². The molecule has 0 spiro atoms. The van der Waals surface area contributed by atoms with Gasteiger partial charge in [-0.15, -0.1) is 0 Å². The molecule has 2 nitrogen and oxygen atoms in total. The summed E-state index contributed by atoms with van der Waals surface area (Å²) in [6.07, 6.45) is 6.79. The third-order valence-corrected chi connectivity index (χ3v) is 6.25. The molecule has 1 aromatic carbocycles. The minimum Gasteiger partial charge on any atom is -0.295 e. The standard InChI is InChI=1S/C17H28O2S/c1-5-15-9-6-14(3)12-17(15)19-20(4,18)16-10-7-13(2)8-11-16/h7-8,10-11,14-15,17-18H,5-6,9,12H2,1-4H3/t14-,15-,17-/m0/s1. The van der Waals surface area contributed by atoms with Crippen LogP contribution in [-0.4, -0.2) is 16.9 Å². The minimum absolute atomic E-state index is 0.204. The maximum atomic E-state index is 10.8. The van der Waals surface area contributed by atoms with Crippen molar-refractivity contribution in [1.29, 1.82) is 0 Å². The minimum atomic E-state index is -2.14. The van der Waals surface area contributed by atoms with Gasteiger partial charge in [0.25, 0.3) is 0 Å². The van der Waals surface area contributed by atoms with Crippen LogP contribution in [0, 0.1) is 18.8 Å². The van der Waals surface area contributed by atoms with Crippen LogP contribution < -0.4 is 0 Å². The van der Waals surface area contributed by atoms with E-state index in [4.69, 9.17) is 4.18 Å². The maximum absolute atomic E-state index is 10.8.